The standard InChI is InChI=1S/C35H39N7O5S/c1-6-26-21-41(48(44,45)32-9-8-15-37-35(32)47-26)20-25-17-24(11-10-22(25)3)28(18-33(43)38-29-19-36-16-14-31(29)46-5)27-12-13-30-34(23(27)4)39-40-42(30)7-2/h8-17,19,26,28H,6-7,18,20-21H2,1-5H3,(H,38,43)/t26-,28?/m1/s1. The molecule has 0 saturated heterocycles. The van der Waals surface area contributed by atoms with Gasteiger partial charge in [-0.1, -0.05) is 36.4 Å². The quantitative estimate of drug-likeness (QED) is 0.207. The van der Waals surface area contributed by atoms with Crippen LogP contribution < -0.4 is 14.8 Å². The number of hydrogen-bond acceptors (Lipinski definition) is 9. The zero-order valence-corrected chi connectivity index (χ0v) is 28.5. The summed E-state index contributed by atoms with van der Waals surface area (Å²) in [5, 5.41) is 11.7. The number of nitrogens with one attached hydrogen (secondary N) is 1. The smallest absolute Gasteiger partial charge is 0.248 e. The van der Waals surface area contributed by atoms with Crippen LogP contribution in [0.4, 0.5) is 5.69 Å². The van der Waals surface area contributed by atoms with E-state index in [9.17, 15) is 13.2 Å². The van der Waals surface area contributed by atoms with Crippen molar-refractivity contribution < 1.29 is 22.7 Å². The van der Waals surface area contributed by atoms with Gasteiger partial charge in [0.25, 0.3) is 0 Å². The van der Waals surface area contributed by atoms with E-state index < -0.39 is 10.0 Å². The van der Waals surface area contributed by atoms with Gasteiger partial charge >= 0.3 is 0 Å². The van der Waals surface area contributed by atoms with Gasteiger partial charge < -0.3 is 14.8 Å². The van der Waals surface area contributed by atoms with Gasteiger partial charge in [0.1, 0.15) is 28.0 Å². The van der Waals surface area contributed by atoms with Crippen LogP contribution in [0.25, 0.3) is 11.0 Å². The molecule has 0 fully saturated rings. The Kier molecular flexibility index (Phi) is 9.42. The van der Waals surface area contributed by atoms with Gasteiger partial charge in [-0.25, -0.2) is 18.1 Å². The lowest BCUT2D eigenvalue weighted by molar-refractivity contribution is -0.116. The van der Waals surface area contributed by atoms with E-state index in [1.807, 2.05) is 62.7 Å². The van der Waals surface area contributed by atoms with Crippen molar-refractivity contribution in [3.8, 4) is 11.6 Å². The van der Waals surface area contributed by atoms with Crippen molar-refractivity contribution in [3.05, 3.63) is 94.9 Å². The Morgan fingerprint density at radius 3 is 2.73 bits per heavy atom. The van der Waals surface area contributed by atoms with Crippen molar-refractivity contribution in [1.29, 1.82) is 0 Å². The summed E-state index contributed by atoms with van der Waals surface area (Å²) in [6, 6.07) is 14.8. The van der Waals surface area contributed by atoms with Crippen LogP contribution in [0.3, 0.4) is 0 Å². The minimum Gasteiger partial charge on any atom is -0.494 e. The zero-order chi connectivity index (χ0) is 34.0. The van der Waals surface area contributed by atoms with Gasteiger partial charge in [0.05, 0.1) is 25.4 Å². The number of sulfonamides is 1. The molecule has 1 N–H and O–H groups in total. The molecule has 4 heterocycles. The molecule has 12 nitrogen and oxygen atoms in total. The summed E-state index contributed by atoms with van der Waals surface area (Å²) in [5.74, 6) is 0.0125. The summed E-state index contributed by atoms with van der Waals surface area (Å²) in [5.41, 5.74) is 6.64. The number of pyridine rings is 2. The summed E-state index contributed by atoms with van der Waals surface area (Å²) in [7, 11) is -2.37. The van der Waals surface area contributed by atoms with Crippen molar-refractivity contribution in [2.45, 2.75) is 70.5 Å². The van der Waals surface area contributed by atoms with Crippen LogP contribution >= 0.6 is 0 Å². The largest absolute Gasteiger partial charge is 0.494 e. The Hall–Kier alpha value is -4.88. The Morgan fingerprint density at radius 1 is 1.12 bits per heavy atom. The van der Waals surface area contributed by atoms with Crippen LogP contribution in [-0.4, -0.2) is 63.4 Å². The highest BCUT2D eigenvalue weighted by molar-refractivity contribution is 7.89. The molecule has 0 aliphatic carbocycles. The second-order valence-corrected chi connectivity index (χ2v) is 13.8. The summed E-state index contributed by atoms with van der Waals surface area (Å²) < 4.78 is 42.6. The Bertz CT molecular complexity index is 2080. The predicted octanol–water partition coefficient (Wildman–Crippen LogP) is 5.39. The first-order valence-electron chi connectivity index (χ1n) is 16.0. The van der Waals surface area contributed by atoms with E-state index in [4.69, 9.17) is 9.47 Å². The topological polar surface area (TPSA) is 141 Å². The van der Waals surface area contributed by atoms with Gasteiger partial charge in [0.15, 0.2) is 0 Å². The highest BCUT2D eigenvalue weighted by Crippen LogP contribution is 2.36. The van der Waals surface area contributed by atoms with E-state index in [2.05, 4.69) is 25.6 Å². The van der Waals surface area contributed by atoms with E-state index in [0.29, 0.717) is 24.4 Å². The number of fused-ring (bicyclic) bond motifs is 2. The molecule has 3 aromatic heterocycles. The van der Waals surface area contributed by atoms with E-state index >= 15 is 0 Å². The number of methoxy groups -OCH3 is 1. The van der Waals surface area contributed by atoms with Gasteiger partial charge in [-0.05, 0) is 73.2 Å². The fraction of sp³-hybridized carbons (Fsp3) is 0.343. The molecule has 0 saturated carbocycles. The second-order valence-electron chi connectivity index (χ2n) is 11.9. The number of hydrogen-bond donors (Lipinski definition) is 1. The molecule has 1 amide bonds. The number of carbonyl (C=O) groups excluding carboxylic acids is 1. The first kappa shape index (κ1) is 33.0. The van der Waals surface area contributed by atoms with E-state index in [1.54, 1.807) is 24.5 Å². The number of aryl methyl sites for hydroxylation is 3. The second kappa shape index (κ2) is 13.7. The van der Waals surface area contributed by atoms with Gasteiger partial charge in [-0.2, -0.15) is 4.31 Å². The molecule has 0 spiro atoms. The number of aromatic nitrogens is 5. The number of nitrogens with zero attached hydrogens (tertiary/aromatic N) is 6. The molecule has 1 unspecified atom stereocenters. The SMILES string of the molecule is CC[C@@H]1CN(Cc2cc(C(CC(=O)Nc3cnccc3OC)c3ccc4c(nnn4CC)c3C)ccc2C)S(=O)(=O)c2cccnc2O1. The monoisotopic (exact) mass is 669 g/mol. The molecule has 6 rings (SSSR count). The van der Waals surface area contributed by atoms with Crippen LogP contribution in [0.1, 0.15) is 60.4 Å². The molecule has 2 aromatic carbocycles. The maximum Gasteiger partial charge on any atom is 0.248 e. The number of rotatable bonds is 10. The first-order chi connectivity index (χ1) is 23.1. The van der Waals surface area contributed by atoms with Crippen molar-refractivity contribution >= 4 is 32.7 Å². The average molecular weight is 670 g/mol. The van der Waals surface area contributed by atoms with Crippen molar-refractivity contribution in [2.75, 3.05) is 19.0 Å². The summed E-state index contributed by atoms with van der Waals surface area (Å²) >= 11 is 0. The Morgan fingerprint density at radius 2 is 1.96 bits per heavy atom. The number of amides is 1. The van der Waals surface area contributed by atoms with Crippen LogP contribution in [0.2, 0.25) is 0 Å². The summed E-state index contributed by atoms with van der Waals surface area (Å²) in [6.45, 7) is 8.93. The fourth-order valence-electron chi connectivity index (χ4n) is 6.19. The fourth-order valence-corrected chi connectivity index (χ4v) is 7.71. The average Bonchev–Trinajstić information content (AvgIpc) is 3.48. The molecule has 250 valence electrons. The van der Waals surface area contributed by atoms with Crippen LogP contribution in [0.5, 0.6) is 11.6 Å². The van der Waals surface area contributed by atoms with E-state index in [-0.39, 0.29) is 48.2 Å². The summed E-state index contributed by atoms with van der Waals surface area (Å²) in [4.78, 5) is 22.1. The molecular formula is C35H39N7O5S. The zero-order valence-electron chi connectivity index (χ0n) is 27.7. The van der Waals surface area contributed by atoms with Gasteiger partial charge in [-0.15, -0.1) is 5.10 Å². The van der Waals surface area contributed by atoms with Crippen LogP contribution in [0, 0.1) is 13.8 Å². The summed E-state index contributed by atoms with van der Waals surface area (Å²) in [6.07, 6.45) is 5.05. The van der Waals surface area contributed by atoms with Crippen LogP contribution in [0.15, 0.2) is 72.0 Å². The third-order valence-corrected chi connectivity index (χ3v) is 10.8. The van der Waals surface area contributed by atoms with Crippen molar-refractivity contribution in [2.24, 2.45) is 0 Å². The minimum atomic E-state index is -3.91. The molecule has 5 aromatic rings. The first-order valence-corrected chi connectivity index (χ1v) is 17.4. The molecule has 13 heteroatoms. The molecule has 1 aliphatic rings. The van der Waals surface area contributed by atoms with Gasteiger partial charge in [0, 0.05) is 43.9 Å². The molecule has 0 radical (unpaired) electrons. The lowest BCUT2D eigenvalue weighted by Gasteiger charge is -2.25. The van der Waals surface area contributed by atoms with Gasteiger partial charge in [-0.3, -0.25) is 9.78 Å². The normalized spacial score (nSPS) is 16.5. The number of anilines is 1. The Balaban J connectivity index is 1.40. The highest BCUT2D eigenvalue weighted by atomic mass is 32.2. The third kappa shape index (κ3) is 6.35. The maximum atomic E-state index is 13.9. The maximum absolute atomic E-state index is 13.9. The number of carbonyl (C=O) groups is 1. The predicted molar refractivity (Wildman–Crippen MR) is 182 cm³/mol. The van der Waals surface area contributed by atoms with E-state index in [1.165, 1.54) is 23.7 Å². The van der Waals surface area contributed by atoms with Gasteiger partial charge in [0.2, 0.25) is 21.8 Å². The molecule has 2 atom stereocenters. The van der Waals surface area contributed by atoms with Crippen molar-refractivity contribution in [1.82, 2.24) is 29.3 Å². The molecule has 48 heavy (non-hydrogen) atoms. The lowest BCUT2D eigenvalue weighted by Crippen LogP contribution is -2.36. The number of benzene rings is 2. The molecular weight excluding hydrogens is 630 g/mol. The number of ether oxygens (including phenoxy) is 2. The highest BCUT2D eigenvalue weighted by Gasteiger charge is 2.35. The molecule has 0 bridgehead atoms. The Labute approximate surface area is 280 Å². The minimum absolute atomic E-state index is 0.0548. The van der Waals surface area contributed by atoms with Crippen LogP contribution in [-0.2, 0) is 27.9 Å². The lowest BCUT2D eigenvalue weighted by atomic mass is 9.84. The van der Waals surface area contributed by atoms with Crippen molar-refractivity contribution in [3.63, 3.8) is 0 Å². The van der Waals surface area contributed by atoms with E-state index in [0.717, 1.165) is 38.9 Å². The molecule has 1 aliphatic heterocycles. The third-order valence-electron chi connectivity index (χ3n) is 8.94.